The number of anilines is 1. The molecule has 0 saturated heterocycles. The van der Waals surface area contributed by atoms with Crippen molar-refractivity contribution in [2.45, 2.75) is 40.2 Å². The number of rotatable bonds is 8. The van der Waals surface area contributed by atoms with E-state index in [9.17, 15) is 4.79 Å². The molecule has 1 rings (SSSR count). The van der Waals surface area contributed by atoms with Gasteiger partial charge in [-0.15, -0.1) is 0 Å². The summed E-state index contributed by atoms with van der Waals surface area (Å²) >= 11 is 0. The van der Waals surface area contributed by atoms with Crippen molar-refractivity contribution in [3.8, 4) is 0 Å². The van der Waals surface area contributed by atoms with E-state index < -0.39 is 0 Å². The molecular weight excluding hydrogens is 264 g/mol. The van der Waals surface area contributed by atoms with Crippen LogP contribution in [-0.4, -0.2) is 43.7 Å². The first-order valence-corrected chi connectivity index (χ1v) is 7.65. The maximum Gasteiger partial charge on any atom is 0.254 e. The van der Waals surface area contributed by atoms with Gasteiger partial charge < -0.3 is 15.0 Å². The van der Waals surface area contributed by atoms with E-state index in [4.69, 9.17) is 4.74 Å². The number of amides is 1. The maximum absolute atomic E-state index is 12.6. The molecule has 0 unspecified atom stereocenters. The van der Waals surface area contributed by atoms with Gasteiger partial charge in [-0.25, -0.2) is 0 Å². The molecule has 118 valence electrons. The van der Waals surface area contributed by atoms with Crippen molar-refractivity contribution in [2.75, 3.05) is 32.1 Å². The Bertz CT molecular complexity index is 458. The number of methoxy groups -OCH3 is 1. The summed E-state index contributed by atoms with van der Waals surface area (Å²) in [6.07, 6.45) is 1.08. The Morgan fingerprint density at radius 3 is 2.62 bits per heavy atom. The number of carbonyl (C=O) groups excluding carboxylic acids is 1. The van der Waals surface area contributed by atoms with Crippen LogP contribution in [0, 0.1) is 6.92 Å². The molecule has 0 spiro atoms. The van der Waals surface area contributed by atoms with Gasteiger partial charge in [0, 0.05) is 37.5 Å². The molecule has 0 aliphatic carbocycles. The molecule has 1 N–H and O–H groups in total. The van der Waals surface area contributed by atoms with Crippen LogP contribution in [0.3, 0.4) is 0 Å². The third-order valence-electron chi connectivity index (χ3n) is 3.46. The highest BCUT2D eigenvalue weighted by Crippen LogP contribution is 2.18. The highest BCUT2D eigenvalue weighted by molar-refractivity contribution is 5.95. The first-order chi connectivity index (χ1) is 10.0. The number of carbonyl (C=O) groups is 1. The zero-order valence-corrected chi connectivity index (χ0v) is 13.9. The Hall–Kier alpha value is -1.55. The van der Waals surface area contributed by atoms with E-state index in [0.29, 0.717) is 13.2 Å². The molecule has 21 heavy (non-hydrogen) atoms. The van der Waals surface area contributed by atoms with E-state index in [-0.39, 0.29) is 11.9 Å². The van der Waals surface area contributed by atoms with Gasteiger partial charge in [0.25, 0.3) is 5.91 Å². The minimum atomic E-state index is 0.0622. The predicted octanol–water partition coefficient (Wildman–Crippen LogP) is 3.31. The molecule has 1 aromatic carbocycles. The quantitative estimate of drug-likeness (QED) is 0.799. The predicted molar refractivity (Wildman–Crippen MR) is 88.0 cm³/mol. The van der Waals surface area contributed by atoms with Crippen molar-refractivity contribution < 1.29 is 9.53 Å². The summed E-state index contributed by atoms with van der Waals surface area (Å²) in [5.41, 5.74) is 2.94. The van der Waals surface area contributed by atoms with Crippen LogP contribution in [0.2, 0.25) is 0 Å². The molecule has 0 bridgehead atoms. The monoisotopic (exact) mass is 292 g/mol. The van der Waals surface area contributed by atoms with Crippen LogP contribution in [0.25, 0.3) is 0 Å². The highest BCUT2D eigenvalue weighted by Gasteiger charge is 2.18. The van der Waals surface area contributed by atoms with Gasteiger partial charge in [-0.1, -0.05) is 6.92 Å². The van der Waals surface area contributed by atoms with Gasteiger partial charge in [0.2, 0.25) is 0 Å². The van der Waals surface area contributed by atoms with Gasteiger partial charge in [-0.2, -0.15) is 0 Å². The smallest absolute Gasteiger partial charge is 0.254 e. The zero-order chi connectivity index (χ0) is 15.8. The van der Waals surface area contributed by atoms with E-state index in [2.05, 4.69) is 12.2 Å². The Morgan fingerprint density at radius 2 is 2.10 bits per heavy atom. The van der Waals surface area contributed by atoms with Crippen molar-refractivity contribution in [1.82, 2.24) is 4.90 Å². The van der Waals surface area contributed by atoms with Crippen LogP contribution in [-0.2, 0) is 4.74 Å². The van der Waals surface area contributed by atoms with Crippen molar-refractivity contribution in [1.29, 1.82) is 0 Å². The van der Waals surface area contributed by atoms with Crippen molar-refractivity contribution in [2.24, 2.45) is 0 Å². The second-order valence-corrected chi connectivity index (χ2v) is 5.54. The highest BCUT2D eigenvalue weighted by atomic mass is 16.5. The normalized spacial score (nSPS) is 10.8. The van der Waals surface area contributed by atoms with Gasteiger partial charge >= 0.3 is 0 Å². The first-order valence-electron chi connectivity index (χ1n) is 7.65. The molecule has 0 aromatic heterocycles. The second kappa shape index (κ2) is 8.67. The molecule has 0 aliphatic rings. The molecule has 4 heteroatoms. The number of nitrogens with zero attached hydrogens (tertiary/aromatic N) is 1. The Balaban J connectivity index is 2.87. The van der Waals surface area contributed by atoms with Gasteiger partial charge in [0.1, 0.15) is 0 Å². The lowest BCUT2D eigenvalue weighted by atomic mass is 10.1. The third-order valence-corrected chi connectivity index (χ3v) is 3.46. The number of nitrogens with one attached hydrogen (secondary N) is 1. The molecule has 0 atom stereocenters. The van der Waals surface area contributed by atoms with E-state index in [1.807, 2.05) is 43.9 Å². The third kappa shape index (κ3) is 5.05. The lowest BCUT2D eigenvalue weighted by Crippen LogP contribution is -2.39. The summed E-state index contributed by atoms with van der Waals surface area (Å²) in [6, 6.07) is 6.01. The van der Waals surface area contributed by atoms with Gasteiger partial charge in [0.15, 0.2) is 0 Å². The van der Waals surface area contributed by atoms with Crippen LogP contribution < -0.4 is 5.32 Å². The molecule has 0 fully saturated rings. The molecule has 1 amide bonds. The number of hydrogen-bond acceptors (Lipinski definition) is 3. The molecular formula is C17H28N2O2. The van der Waals surface area contributed by atoms with Gasteiger partial charge in [-0.05, 0) is 51.0 Å². The molecule has 0 aliphatic heterocycles. The fraction of sp³-hybridized carbons (Fsp3) is 0.588. The van der Waals surface area contributed by atoms with E-state index in [0.717, 1.165) is 29.8 Å². The van der Waals surface area contributed by atoms with Crippen LogP contribution in [0.5, 0.6) is 0 Å². The average Bonchev–Trinajstić information content (AvgIpc) is 2.45. The number of benzene rings is 1. The van der Waals surface area contributed by atoms with E-state index >= 15 is 0 Å². The number of ether oxygens (including phenoxy) is 1. The summed E-state index contributed by atoms with van der Waals surface area (Å²) in [4.78, 5) is 14.5. The second-order valence-electron chi connectivity index (χ2n) is 5.54. The van der Waals surface area contributed by atoms with Gasteiger partial charge in [-0.3, -0.25) is 4.79 Å². The zero-order valence-electron chi connectivity index (χ0n) is 13.9. The molecule has 0 radical (unpaired) electrons. The average molecular weight is 292 g/mol. The largest absolute Gasteiger partial charge is 0.385 e. The lowest BCUT2D eigenvalue weighted by Gasteiger charge is -2.27. The van der Waals surface area contributed by atoms with E-state index in [1.54, 1.807) is 7.11 Å². The van der Waals surface area contributed by atoms with E-state index in [1.165, 1.54) is 0 Å². The molecule has 4 nitrogen and oxygen atoms in total. The fourth-order valence-electron chi connectivity index (χ4n) is 2.20. The van der Waals surface area contributed by atoms with Crippen LogP contribution in [0.4, 0.5) is 5.69 Å². The van der Waals surface area contributed by atoms with Crippen molar-refractivity contribution >= 4 is 11.6 Å². The summed E-state index contributed by atoms with van der Waals surface area (Å²) < 4.78 is 5.09. The molecule has 0 heterocycles. The SMILES string of the molecule is CCCNc1ccc(C(=O)N(CCOC)C(C)C)cc1C. The molecule has 1 aromatic rings. The minimum Gasteiger partial charge on any atom is -0.385 e. The lowest BCUT2D eigenvalue weighted by molar-refractivity contribution is 0.0635. The van der Waals surface area contributed by atoms with Crippen LogP contribution in [0.15, 0.2) is 18.2 Å². The van der Waals surface area contributed by atoms with Gasteiger partial charge in [0.05, 0.1) is 6.61 Å². The Morgan fingerprint density at radius 1 is 1.38 bits per heavy atom. The summed E-state index contributed by atoms with van der Waals surface area (Å²) in [5.74, 6) is 0.0622. The fourth-order valence-corrected chi connectivity index (χ4v) is 2.20. The number of hydrogen-bond donors (Lipinski definition) is 1. The first kappa shape index (κ1) is 17.5. The Kier molecular flexibility index (Phi) is 7.23. The van der Waals surface area contributed by atoms with Crippen molar-refractivity contribution in [3.05, 3.63) is 29.3 Å². The topological polar surface area (TPSA) is 41.6 Å². The Labute approximate surface area is 128 Å². The summed E-state index contributed by atoms with van der Waals surface area (Å²) in [6.45, 7) is 10.3. The number of aryl methyl sites for hydroxylation is 1. The standard InChI is InChI=1S/C17H28N2O2/c1-6-9-18-16-8-7-15(12-14(16)4)17(20)19(13(2)3)10-11-21-5/h7-8,12-13,18H,6,9-11H2,1-5H3. The summed E-state index contributed by atoms with van der Waals surface area (Å²) in [7, 11) is 1.65. The van der Waals surface area contributed by atoms with Crippen LogP contribution in [0.1, 0.15) is 43.1 Å². The van der Waals surface area contributed by atoms with Crippen LogP contribution >= 0.6 is 0 Å². The molecule has 0 saturated carbocycles. The summed E-state index contributed by atoms with van der Waals surface area (Å²) in [5, 5.41) is 3.37. The van der Waals surface area contributed by atoms with Crippen molar-refractivity contribution in [3.63, 3.8) is 0 Å². The maximum atomic E-state index is 12.6. The minimum absolute atomic E-state index is 0.0622.